The minimum atomic E-state index is -0.362. The number of rotatable bonds is 4. The number of anilines is 3. The number of nitrogens with zero attached hydrogens (tertiary/aromatic N) is 5. The molecule has 4 rings (SSSR count). The van der Waals surface area contributed by atoms with E-state index >= 15 is 0 Å². The Kier molecular flexibility index (Phi) is 5.34. The average Bonchev–Trinajstić information content (AvgIpc) is 2.80. The fraction of sp³-hybridized carbons (Fsp3) is 0.182. The van der Waals surface area contributed by atoms with Crippen molar-refractivity contribution >= 4 is 23.2 Å². The molecule has 0 aliphatic carbocycles. The fourth-order valence-corrected chi connectivity index (χ4v) is 3.31. The maximum Gasteiger partial charge on any atom is 0.274 e. The molecule has 7 nitrogen and oxygen atoms in total. The zero-order valence-corrected chi connectivity index (χ0v) is 15.8. The Morgan fingerprint density at radius 3 is 2.38 bits per heavy atom. The third-order valence-electron chi connectivity index (χ3n) is 4.86. The molecule has 1 aromatic heterocycles. The van der Waals surface area contributed by atoms with Crippen molar-refractivity contribution in [2.45, 2.75) is 0 Å². The zero-order valence-electron chi connectivity index (χ0n) is 15.8. The van der Waals surface area contributed by atoms with E-state index in [1.54, 1.807) is 36.5 Å². The molecule has 1 N–H and O–H groups in total. The summed E-state index contributed by atoms with van der Waals surface area (Å²) >= 11 is 0. The van der Waals surface area contributed by atoms with Crippen molar-refractivity contribution in [3.63, 3.8) is 0 Å². The standard InChI is InChI=1S/C22H20N6O/c23-16-17-6-4-5-9-19(17)25-21(29)20-10-11-24-22(26-20)28-14-12-27(13-15-28)18-7-2-1-3-8-18/h1-11H,12-15H2,(H,25,29). The van der Waals surface area contributed by atoms with Crippen LogP contribution in [0.3, 0.4) is 0 Å². The van der Waals surface area contributed by atoms with E-state index in [4.69, 9.17) is 0 Å². The highest BCUT2D eigenvalue weighted by Crippen LogP contribution is 2.19. The van der Waals surface area contributed by atoms with Gasteiger partial charge in [0.1, 0.15) is 11.8 Å². The Morgan fingerprint density at radius 2 is 1.62 bits per heavy atom. The van der Waals surface area contributed by atoms with Crippen molar-refractivity contribution in [1.82, 2.24) is 9.97 Å². The molecule has 0 atom stereocenters. The molecule has 0 unspecified atom stereocenters. The largest absolute Gasteiger partial charge is 0.368 e. The number of carbonyl (C=O) groups excluding carboxylic acids is 1. The van der Waals surface area contributed by atoms with Crippen LogP contribution in [0.1, 0.15) is 16.1 Å². The van der Waals surface area contributed by atoms with Gasteiger partial charge in [0.2, 0.25) is 5.95 Å². The number of benzene rings is 2. The van der Waals surface area contributed by atoms with Gasteiger partial charge in [-0.2, -0.15) is 5.26 Å². The quantitative estimate of drug-likeness (QED) is 0.744. The van der Waals surface area contributed by atoms with E-state index in [9.17, 15) is 10.1 Å². The van der Waals surface area contributed by atoms with Gasteiger partial charge < -0.3 is 15.1 Å². The number of hydrogen-bond donors (Lipinski definition) is 1. The van der Waals surface area contributed by atoms with Gasteiger partial charge in [-0.25, -0.2) is 9.97 Å². The predicted octanol–water partition coefficient (Wildman–Crippen LogP) is 2.93. The van der Waals surface area contributed by atoms with Crippen LogP contribution in [0.4, 0.5) is 17.3 Å². The van der Waals surface area contributed by atoms with Crippen molar-refractivity contribution < 1.29 is 4.79 Å². The minimum absolute atomic E-state index is 0.272. The molecule has 7 heteroatoms. The van der Waals surface area contributed by atoms with Crippen molar-refractivity contribution in [3.05, 3.63) is 78.1 Å². The van der Waals surface area contributed by atoms with Gasteiger partial charge in [-0.3, -0.25) is 4.79 Å². The first kappa shape index (κ1) is 18.4. The van der Waals surface area contributed by atoms with Gasteiger partial charge >= 0.3 is 0 Å². The lowest BCUT2D eigenvalue weighted by Crippen LogP contribution is -2.47. The molecule has 0 radical (unpaired) electrons. The fourth-order valence-electron chi connectivity index (χ4n) is 3.31. The van der Waals surface area contributed by atoms with Crippen LogP contribution >= 0.6 is 0 Å². The normalized spacial score (nSPS) is 13.6. The van der Waals surface area contributed by atoms with E-state index in [0.29, 0.717) is 17.2 Å². The van der Waals surface area contributed by atoms with Crippen LogP contribution in [-0.2, 0) is 0 Å². The van der Waals surface area contributed by atoms with Crippen LogP contribution in [0.15, 0.2) is 66.9 Å². The highest BCUT2D eigenvalue weighted by atomic mass is 16.1. The summed E-state index contributed by atoms with van der Waals surface area (Å²) in [5.74, 6) is 0.179. The number of para-hydroxylation sites is 2. The Balaban J connectivity index is 1.44. The lowest BCUT2D eigenvalue weighted by atomic mass is 10.2. The van der Waals surface area contributed by atoms with E-state index < -0.39 is 0 Å². The van der Waals surface area contributed by atoms with Crippen molar-refractivity contribution in [3.8, 4) is 6.07 Å². The summed E-state index contributed by atoms with van der Waals surface area (Å²) in [6.07, 6.45) is 1.59. The summed E-state index contributed by atoms with van der Waals surface area (Å²) in [6, 6.07) is 20.8. The molecular formula is C22H20N6O. The van der Waals surface area contributed by atoms with Crippen LogP contribution in [0.25, 0.3) is 0 Å². The summed E-state index contributed by atoms with van der Waals surface area (Å²) < 4.78 is 0. The van der Waals surface area contributed by atoms with Crippen LogP contribution in [-0.4, -0.2) is 42.1 Å². The Bertz CT molecular complexity index is 1040. The minimum Gasteiger partial charge on any atom is -0.368 e. The monoisotopic (exact) mass is 384 g/mol. The van der Waals surface area contributed by atoms with Crippen molar-refractivity contribution in [2.24, 2.45) is 0 Å². The molecule has 2 aromatic carbocycles. The number of carbonyl (C=O) groups is 1. The molecule has 1 aliphatic heterocycles. The second-order valence-electron chi connectivity index (χ2n) is 6.66. The molecule has 3 aromatic rings. The highest BCUT2D eigenvalue weighted by Gasteiger charge is 2.20. The average molecular weight is 384 g/mol. The van der Waals surface area contributed by atoms with Gasteiger partial charge in [-0.05, 0) is 30.3 Å². The molecule has 1 saturated heterocycles. The van der Waals surface area contributed by atoms with E-state index in [1.165, 1.54) is 5.69 Å². The molecule has 0 bridgehead atoms. The third kappa shape index (κ3) is 4.17. The maximum atomic E-state index is 12.6. The smallest absolute Gasteiger partial charge is 0.274 e. The highest BCUT2D eigenvalue weighted by molar-refractivity contribution is 6.03. The number of hydrogen-bond acceptors (Lipinski definition) is 6. The van der Waals surface area contributed by atoms with Gasteiger partial charge in [0.05, 0.1) is 11.3 Å². The topological polar surface area (TPSA) is 85.1 Å². The maximum absolute atomic E-state index is 12.6. The first-order valence-electron chi connectivity index (χ1n) is 9.43. The number of amides is 1. The summed E-state index contributed by atoms with van der Waals surface area (Å²) in [4.78, 5) is 25.8. The number of piperazine rings is 1. The lowest BCUT2D eigenvalue weighted by molar-refractivity contribution is 0.102. The lowest BCUT2D eigenvalue weighted by Gasteiger charge is -2.36. The summed E-state index contributed by atoms with van der Waals surface area (Å²) in [5.41, 5.74) is 2.36. The van der Waals surface area contributed by atoms with Gasteiger partial charge in [0.15, 0.2) is 0 Å². The predicted molar refractivity (Wildman–Crippen MR) is 112 cm³/mol. The summed E-state index contributed by atoms with van der Waals surface area (Å²) in [6.45, 7) is 3.27. The molecule has 0 saturated carbocycles. The Labute approximate surface area is 169 Å². The Morgan fingerprint density at radius 1 is 0.931 bits per heavy atom. The van der Waals surface area contributed by atoms with Crippen molar-refractivity contribution in [1.29, 1.82) is 5.26 Å². The second-order valence-corrected chi connectivity index (χ2v) is 6.66. The zero-order chi connectivity index (χ0) is 20.1. The summed E-state index contributed by atoms with van der Waals surface area (Å²) in [7, 11) is 0. The molecule has 0 spiro atoms. The van der Waals surface area contributed by atoms with Gasteiger partial charge in [-0.15, -0.1) is 0 Å². The van der Waals surface area contributed by atoms with E-state index in [2.05, 4.69) is 43.3 Å². The van der Waals surface area contributed by atoms with Gasteiger partial charge in [0, 0.05) is 38.1 Å². The van der Waals surface area contributed by atoms with E-state index in [1.807, 2.05) is 18.2 Å². The molecule has 1 amide bonds. The van der Waals surface area contributed by atoms with Crippen molar-refractivity contribution in [2.75, 3.05) is 41.3 Å². The molecule has 1 aliphatic rings. The van der Waals surface area contributed by atoms with Gasteiger partial charge in [-0.1, -0.05) is 30.3 Å². The van der Waals surface area contributed by atoms with Crippen LogP contribution in [0.2, 0.25) is 0 Å². The molecule has 1 fully saturated rings. The number of nitriles is 1. The van der Waals surface area contributed by atoms with Crippen LogP contribution in [0.5, 0.6) is 0 Å². The molecule has 29 heavy (non-hydrogen) atoms. The molecule has 144 valence electrons. The van der Waals surface area contributed by atoms with Crippen LogP contribution in [0, 0.1) is 11.3 Å². The second kappa shape index (κ2) is 8.40. The molecule has 2 heterocycles. The molecular weight excluding hydrogens is 364 g/mol. The Hall–Kier alpha value is -3.92. The summed E-state index contributed by atoms with van der Waals surface area (Å²) in [5, 5.41) is 11.9. The third-order valence-corrected chi connectivity index (χ3v) is 4.86. The number of nitrogens with one attached hydrogen (secondary N) is 1. The first-order chi connectivity index (χ1) is 14.2. The van der Waals surface area contributed by atoms with E-state index in [0.717, 1.165) is 26.2 Å². The first-order valence-corrected chi connectivity index (χ1v) is 9.43. The number of aromatic nitrogens is 2. The van der Waals surface area contributed by atoms with Gasteiger partial charge in [0.25, 0.3) is 5.91 Å². The van der Waals surface area contributed by atoms with Crippen LogP contribution < -0.4 is 15.1 Å². The van der Waals surface area contributed by atoms with E-state index in [-0.39, 0.29) is 11.6 Å². The SMILES string of the molecule is N#Cc1ccccc1NC(=O)c1ccnc(N2CCN(c3ccccc3)CC2)n1.